The van der Waals surface area contributed by atoms with E-state index in [9.17, 15) is 8.42 Å². The van der Waals surface area contributed by atoms with E-state index in [1.165, 1.54) is 36.4 Å². The first kappa shape index (κ1) is 20.9. The van der Waals surface area contributed by atoms with Crippen molar-refractivity contribution in [2.75, 3.05) is 17.9 Å². The van der Waals surface area contributed by atoms with E-state index in [2.05, 4.69) is 12.2 Å². The van der Waals surface area contributed by atoms with Gasteiger partial charge in [0.25, 0.3) is 10.0 Å². The van der Waals surface area contributed by atoms with Gasteiger partial charge in [0.15, 0.2) is 0 Å². The molecule has 0 saturated heterocycles. The zero-order valence-corrected chi connectivity index (χ0v) is 18.1. The highest BCUT2D eigenvalue weighted by atomic mass is 32.2. The van der Waals surface area contributed by atoms with Gasteiger partial charge in [0.05, 0.1) is 16.6 Å². The van der Waals surface area contributed by atoms with Gasteiger partial charge in [-0.25, -0.2) is 8.42 Å². The van der Waals surface area contributed by atoms with Crippen LogP contribution in [0.15, 0.2) is 47.4 Å². The number of aryl methyl sites for hydroxylation is 1. The van der Waals surface area contributed by atoms with Crippen molar-refractivity contribution >= 4 is 15.7 Å². The maximum absolute atomic E-state index is 13.3. The van der Waals surface area contributed by atoms with Crippen molar-refractivity contribution in [3.05, 3.63) is 59.2 Å². The van der Waals surface area contributed by atoms with Gasteiger partial charge >= 0.3 is 0 Å². The van der Waals surface area contributed by atoms with Crippen LogP contribution >= 0.6 is 0 Å². The molecular formula is C23H32N2O2S. The van der Waals surface area contributed by atoms with Crippen molar-refractivity contribution in [1.82, 2.24) is 5.32 Å². The largest absolute Gasteiger partial charge is 0.306 e. The van der Waals surface area contributed by atoms with Crippen LogP contribution in [-0.2, 0) is 10.0 Å². The van der Waals surface area contributed by atoms with E-state index in [0.717, 1.165) is 35.3 Å². The van der Waals surface area contributed by atoms with Gasteiger partial charge in [-0.05, 0) is 48.7 Å². The fraction of sp³-hybridized carbons (Fsp3) is 0.478. The SMILES string of the molecule is CCCCCCCCNC1c2ccccc2N(C)S(=O)(=O)c2cc(C)ccc21. The molecule has 1 heterocycles. The number of sulfonamides is 1. The number of anilines is 1. The Kier molecular flexibility index (Phi) is 6.78. The maximum Gasteiger partial charge on any atom is 0.264 e. The van der Waals surface area contributed by atoms with Crippen LogP contribution < -0.4 is 9.62 Å². The summed E-state index contributed by atoms with van der Waals surface area (Å²) in [6.45, 7) is 5.05. The van der Waals surface area contributed by atoms with Gasteiger partial charge in [-0.3, -0.25) is 4.31 Å². The molecule has 1 unspecified atom stereocenters. The van der Waals surface area contributed by atoms with Crippen LogP contribution in [0.3, 0.4) is 0 Å². The molecule has 0 saturated carbocycles. The molecule has 2 aromatic carbocycles. The number of hydrogen-bond donors (Lipinski definition) is 1. The number of benzene rings is 2. The topological polar surface area (TPSA) is 49.4 Å². The average Bonchev–Trinajstić information content (AvgIpc) is 2.75. The molecule has 0 bridgehead atoms. The van der Waals surface area contributed by atoms with E-state index < -0.39 is 10.0 Å². The number of rotatable bonds is 8. The number of nitrogens with zero attached hydrogens (tertiary/aromatic N) is 1. The lowest BCUT2D eigenvalue weighted by atomic mass is 9.96. The smallest absolute Gasteiger partial charge is 0.264 e. The Labute approximate surface area is 170 Å². The van der Waals surface area contributed by atoms with Crippen molar-refractivity contribution in [1.29, 1.82) is 0 Å². The first-order chi connectivity index (χ1) is 13.5. The first-order valence-corrected chi connectivity index (χ1v) is 11.8. The third-order valence-electron chi connectivity index (χ3n) is 5.58. The van der Waals surface area contributed by atoms with Crippen LogP contribution in [-0.4, -0.2) is 22.0 Å². The molecule has 0 amide bonds. The Balaban J connectivity index is 1.90. The van der Waals surface area contributed by atoms with Crippen molar-refractivity contribution in [2.24, 2.45) is 0 Å². The van der Waals surface area contributed by atoms with Crippen LogP contribution in [0.2, 0.25) is 0 Å². The summed E-state index contributed by atoms with van der Waals surface area (Å²) in [6, 6.07) is 13.5. The number of fused-ring (bicyclic) bond motifs is 2. The van der Waals surface area contributed by atoms with Gasteiger partial charge in [0.1, 0.15) is 0 Å². The number of hydrogen-bond acceptors (Lipinski definition) is 3. The molecule has 152 valence electrons. The van der Waals surface area contributed by atoms with Crippen LogP contribution in [0.4, 0.5) is 5.69 Å². The van der Waals surface area contributed by atoms with Crippen LogP contribution in [0.5, 0.6) is 0 Å². The van der Waals surface area contributed by atoms with Crippen LogP contribution in [0, 0.1) is 6.92 Å². The first-order valence-electron chi connectivity index (χ1n) is 10.4. The summed E-state index contributed by atoms with van der Waals surface area (Å²) in [5.74, 6) is 0. The zero-order valence-electron chi connectivity index (χ0n) is 17.2. The minimum atomic E-state index is -3.58. The van der Waals surface area contributed by atoms with E-state index in [4.69, 9.17) is 0 Å². The Bertz CT molecular complexity index is 909. The highest BCUT2D eigenvalue weighted by Gasteiger charge is 2.34. The molecule has 0 spiro atoms. The lowest BCUT2D eigenvalue weighted by Gasteiger charge is -2.22. The predicted molar refractivity (Wildman–Crippen MR) is 116 cm³/mol. The fourth-order valence-corrected chi connectivity index (χ4v) is 5.48. The quantitative estimate of drug-likeness (QED) is 0.622. The van der Waals surface area contributed by atoms with Gasteiger partial charge in [0, 0.05) is 7.05 Å². The molecule has 0 aliphatic carbocycles. The lowest BCUT2D eigenvalue weighted by molar-refractivity contribution is 0.539. The molecule has 1 atom stereocenters. The minimum absolute atomic E-state index is 0.123. The van der Waals surface area contributed by atoms with E-state index in [-0.39, 0.29) is 6.04 Å². The highest BCUT2D eigenvalue weighted by Crippen LogP contribution is 2.40. The molecule has 0 radical (unpaired) electrons. The van der Waals surface area contributed by atoms with Gasteiger partial charge in [0.2, 0.25) is 0 Å². The van der Waals surface area contributed by atoms with Gasteiger partial charge in [-0.15, -0.1) is 0 Å². The molecule has 0 fully saturated rings. The molecule has 28 heavy (non-hydrogen) atoms. The van der Waals surface area contributed by atoms with Gasteiger partial charge in [-0.1, -0.05) is 69.4 Å². The summed E-state index contributed by atoms with van der Waals surface area (Å²) in [7, 11) is -1.93. The van der Waals surface area contributed by atoms with Crippen LogP contribution in [0.1, 0.15) is 68.2 Å². The monoisotopic (exact) mass is 400 g/mol. The number of para-hydroxylation sites is 1. The average molecular weight is 401 g/mol. The summed E-state index contributed by atoms with van der Waals surface area (Å²) in [6.07, 6.45) is 7.44. The second-order valence-electron chi connectivity index (χ2n) is 7.73. The molecule has 5 heteroatoms. The summed E-state index contributed by atoms with van der Waals surface area (Å²) in [4.78, 5) is 0.409. The van der Waals surface area contributed by atoms with Crippen LogP contribution in [0.25, 0.3) is 0 Å². The lowest BCUT2D eigenvalue weighted by Crippen LogP contribution is -2.26. The Morgan fingerprint density at radius 2 is 1.68 bits per heavy atom. The second-order valence-corrected chi connectivity index (χ2v) is 9.67. The fourth-order valence-electron chi connectivity index (χ4n) is 3.94. The molecule has 1 aliphatic heterocycles. The van der Waals surface area contributed by atoms with Gasteiger partial charge in [-0.2, -0.15) is 0 Å². The highest BCUT2D eigenvalue weighted by molar-refractivity contribution is 7.92. The third-order valence-corrected chi connectivity index (χ3v) is 7.41. The summed E-state index contributed by atoms with van der Waals surface area (Å²) < 4.78 is 27.9. The second kappa shape index (κ2) is 9.10. The van der Waals surface area contributed by atoms with E-state index >= 15 is 0 Å². The van der Waals surface area contributed by atoms with E-state index in [1.807, 2.05) is 43.3 Å². The standard InChI is InChI=1S/C23H32N2O2S/c1-4-5-6-7-8-11-16-24-23-19-12-9-10-13-21(19)25(3)28(26,27)22-17-18(2)14-15-20(22)23/h9-10,12-15,17,23-24H,4-8,11,16H2,1-3H3. The molecule has 3 rings (SSSR count). The molecular weight excluding hydrogens is 368 g/mol. The summed E-state index contributed by atoms with van der Waals surface area (Å²) in [5, 5.41) is 3.65. The summed E-state index contributed by atoms with van der Waals surface area (Å²) in [5.41, 5.74) is 3.56. The Morgan fingerprint density at radius 3 is 2.46 bits per heavy atom. The Morgan fingerprint density at radius 1 is 0.964 bits per heavy atom. The molecule has 4 nitrogen and oxygen atoms in total. The van der Waals surface area contributed by atoms with Crippen molar-refractivity contribution < 1.29 is 8.42 Å². The van der Waals surface area contributed by atoms with Crippen molar-refractivity contribution in [3.8, 4) is 0 Å². The summed E-state index contributed by atoms with van der Waals surface area (Å²) >= 11 is 0. The van der Waals surface area contributed by atoms with Gasteiger partial charge < -0.3 is 5.32 Å². The maximum atomic E-state index is 13.3. The normalized spacial score (nSPS) is 17.7. The molecule has 1 N–H and O–H groups in total. The molecule has 1 aliphatic rings. The van der Waals surface area contributed by atoms with Crippen molar-refractivity contribution in [2.45, 2.75) is 63.3 Å². The Hall–Kier alpha value is -1.85. The molecule has 0 aromatic heterocycles. The predicted octanol–water partition coefficient (Wildman–Crippen LogP) is 5.17. The number of unbranched alkanes of at least 4 members (excludes halogenated alkanes) is 5. The van der Waals surface area contributed by atoms with Crippen molar-refractivity contribution in [3.63, 3.8) is 0 Å². The number of nitrogens with one attached hydrogen (secondary N) is 1. The third kappa shape index (κ3) is 4.26. The minimum Gasteiger partial charge on any atom is -0.306 e. The van der Waals surface area contributed by atoms with E-state index in [1.54, 1.807) is 13.1 Å². The van der Waals surface area contributed by atoms with E-state index in [0.29, 0.717) is 4.90 Å². The zero-order chi connectivity index (χ0) is 20.1. The molecule has 2 aromatic rings.